The predicted octanol–water partition coefficient (Wildman–Crippen LogP) is 4.95. The lowest BCUT2D eigenvalue weighted by molar-refractivity contribution is -0.170. The molecule has 0 spiro atoms. The number of fused-ring (bicyclic) bond motifs is 2. The van der Waals surface area contributed by atoms with Crippen molar-refractivity contribution in [3.8, 4) is 0 Å². The number of aliphatic hydroxyl groups is 1. The third-order valence-electron chi connectivity index (χ3n) is 6.88. The monoisotopic (exact) mass is 502 g/mol. The quantitative estimate of drug-likeness (QED) is 0.496. The Labute approximate surface area is 207 Å². The van der Waals surface area contributed by atoms with E-state index in [4.69, 9.17) is 4.74 Å². The first-order valence-electron chi connectivity index (χ1n) is 11.4. The van der Waals surface area contributed by atoms with E-state index in [1.165, 1.54) is 24.1 Å². The molecule has 1 amide bonds. The molecule has 1 aliphatic heterocycles. The Bertz CT molecular complexity index is 1370. The van der Waals surface area contributed by atoms with Crippen molar-refractivity contribution in [2.24, 2.45) is 0 Å². The van der Waals surface area contributed by atoms with Crippen LogP contribution in [0.4, 0.5) is 24.7 Å². The molecule has 1 aromatic heterocycles. The zero-order valence-electron chi connectivity index (χ0n) is 21.2. The molecule has 0 bridgehead atoms. The van der Waals surface area contributed by atoms with Gasteiger partial charge in [-0.1, -0.05) is 12.1 Å². The lowest BCUT2D eigenvalue weighted by atomic mass is 9.91. The maximum atomic E-state index is 15.3. The van der Waals surface area contributed by atoms with Gasteiger partial charge in [0.05, 0.1) is 22.8 Å². The number of methoxy groups -OCH3 is 1. The van der Waals surface area contributed by atoms with Crippen LogP contribution >= 0.6 is 0 Å². The smallest absolute Gasteiger partial charge is 0.303 e. The number of rotatable bonds is 6. The molecular formula is C26H29F3N4O3. The molecule has 0 fully saturated rings. The molecule has 4 rings (SSSR count). The minimum Gasteiger partial charge on any atom is -0.384 e. The second kappa shape index (κ2) is 8.41. The van der Waals surface area contributed by atoms with E-state index in [0.717, 1.165) is 19.9 Å². The molecule has 0 saturated heterocycles. The van der Waals surface area contributed by atoms with Crippen LogP contribution in [0, 0.1) is 12.7 Å². The second-order valence-electron chi connectivity index (χ2n) is 9.82. The Morgan fingerprint density at radius 2 is 1.89 bits per heavy atom. The van der Waals surface area contributed by atoms with Gasteiger partial charge >= 0.3 is 5.92 Å². The first kappa shape index (κ1) is 25.8. The lowest BCUT2D eigenvalue weighted by Gasteiger charge is -2.30. The van der Waals surface area contributed by atoms with Crippen molar-refractivity contribution in [3.63, 3.8) is 0 Å². The maximum Gasteiger partial charge on any atom is 0.303 e. The summed E-state index contributed by atoms with van der Waals surface area (Å²) in [5, 5.41) is 13.6. The van der Waals surface area contributed by atoms with E-state index in [0.29, 0.717) is 33.8 Å². The molecule has 0 radical (unpaired) electrons. The number of hydrogen-bond acceptors (Lipinski definition) is 6. The Morgan fingerprint density at radius 1 is 1.22 bits per heavy atom. The fraction of sp³-hybridized carbons (Fsp3) is 0.423. The van der Waals surface area contributed by atoms with E-state index >= 15 is 4.39 Å². The van der Waals surface area contributed by atoms with Crippen molar-refractivity contribution >= 4 is 28.3 Å². The Kier molecular flexibility index (Phi) is 6.04. The van der Waals surface area contributed by atoms with Gasteiger partial charge in [0.25, 0.3) is 5.91 Å². The minimum absolute atomic E-state index is 0.0127. The van der Waals surface area contributed by atoms with Crippen molar-refractivity contribution in [1.82, 2.24) is 9.97 Å². The molecule has 7 nitrogen and oxygen atoms in total. The molecule has 0 saturated carbocycles. The number of nitrogens with one attached hydrogen (secondary N) is 1. The van der Waals surface area contributed by atoms with Gasteiger partial charge in [0.1, 0.15) is 23.1 Å². The van der Waals surface area contributed by atoms with Gasteiger partial charge in [0.15, 0.2) is 5.60 Å². The molecule has 2 heterocycles. The highest BCUT2D eigenvalue weighted by atomic mass is 19.3. The number of hydrogen-bond donors (Lipinski definition) is 2. The summed E-state index contributed by atoms with van der Waals surface area (Å²) in [5.74, 6) is -4.36. The number of ether oxygens (including phenoxy) is 1. The van der Waals surface area contributed by atoms with Gasteiger partial charge in [0, 0.05) is 30.7 Å². The first-order valence-corrected chi connectivity index (χ1v) is 11.4. The van der Waals surface area contributed by atoms with Crippen LogP contribution in [0.5, 0.6) is 0 Å². The second-order valence-corrected chi connectivity index (χ2v) is 9.82. The number of carbonyl (C=O) groups is 1. The molecular weight excluding hydrogens is 473 g/mol. The number of halogens is 3. The van der Waals surface area contributed by atoms with Gasteiger partial charge in [-0.25, -0.2) is 14.4 Å². The van der Waals surface area contributed by atoms with Crippen LogP contribution in [0.3, 0.4) is 0 Å². The van der Waals surface area contributed by atoms with Crippen molar-refractivity contribution in [1.29, 1.82) is 0 Å². The zero-order valence-corrected chi connectivity index (χ0v) is 21.2. The molecule has 192 valence electrons. The standard InChI is InChI=1S/C26H29F3N4O3/c1-13(15-9-8-10-17(21(15)27)26(28,29)24(3,4)35)30-22-16-11-20-18(12-19(16)31-14(2)32-22)25(5,36-7)23(34)33(20)6/h8-13,35H,1-7H3,(H,30,31,32)/t13-,25+/m1/s1. The van der Waals surface area contributed by atoms with Crippen LogP contribution in [0.25, 0.3) is 10.9 Å². The van der Waals surface area contributed by atoms with Crippen LogP contribution in [-0.2, 0) is 21.1 Å². The van der Waals surface area contributed by atoms with Gasteiger partial charge in [0.2, 0.25) is 0 Å². The molecule has 2 aromatic carbocycles. The van der Waals surface area contributed by atoms with Crippen LogP contribution in [0.15, 0.2) is 30.3 Å². The summed E-state index contributed by atoms with van der Waals surface area (Å²) in [7, 11) is 3.11. The number of alkyl halides is 2. The van der Waals surface area contributed by atoms with E-state index in [9.17, 15) is 18.7 Å². The fourth-order valence-corrected chi connectivity index (χ4v) is 4.53. The molecule has 1 aliphatic rings. The van der Waals surface area contributed by atoms with Crippen molar-refractivity contribution in [3.05, 3.63) is 58.7 Å². The van der Waals surface area contributed by atoms with Crippen LogP contribution < -0.4 is 10.2 Å². The van der Waals surface area contributed by atoms with E-state index in [1.807, 2.05) is 0 Å². The van der Waals surface area contributed by atoms with Crippen LogP contribution in [-0.4, -0.2) is 40.7 Å². The summed E-state index contributed by atoms with van der Waals surface area (Å²) in [6.07, 6.45) is 0. The van der Waals surface area contributed by atoms with Crippen LogP contribution in [0.1, 0.15) is 56.3 Å². The Hall–Kier alpha value is -3.24. The van der Waals surface area contributed by atoms with Gasteiger partial charge in [-0.3, -0.25) is 4.79 Å². The minimum atomic E-state index is -3.81. The number of aromatic nitrogens is 2. The van der Waals surface area contributed by atoms with Gasteiger partial charge in [-0.15, -0.1) is 0 Å². The van der Waals surface area contributed by atoms with Gasteiger partial charge in [-0.2, -0.15) is 8.78 Å². The number of carbonyl (C=O) groups excluding carboxylic acids is 1. The molecule has 0 unspecified atom stereocenters. The highest BCUT2D eigenvalue weighted by Crippen LogP contribution is 2.45. The Morgan fingerprint density at radius 3 is 2.50 bits per heavy atom. The maximum absolute atomic E-state index is 15.3. The molecule has 2 atom stereocenters. The lowest BCUT2D eigenvalue weighted by Crippen LogP contribution is -2.41. The van der Waals surface area contributed by atoms with Crippen LogP contribution in [0.2, 0.25) is 0 Å². The number of nitrogens with zero attached hydrogens (tertiary/aromatic N) is 3. The number of benzene rings is 2. The van der Waals surface area contributed by atoms with Crippen molar-refractivity contribution in [2.75, 3.05) is 24.4 Å². The summed E-state index contributed by atoms with van der Waals surface area (Å²) < 4.78 is 50.4. The summed E-state index contributed by atoms with van der Waals surface area (Å²) in [6.45, 7) is 6.88. The van der Waals surface area contributed by atoms with Gasteiger partial charge < -0.3 is 20.1 Å². The zero-order chi connectivity index (χ0) is 26.8. The Balaban J connectivity index is 1.80. The molecule has 36 heavy (non-hydrogen) atoms. The third kappa shape index (κ3) is 3.79. The van der Waals surface area contributed by atoms with E-state index in [1.54, 1.807) is 40.0 Å². The highest BCUT2D eigenvalue weighted by Gasteiger charge is 2.49. The number of anilines is 2. The first-order chi connectivity index (χ1) is 16.6. The van der Waals surface area contributed by atoms with Crippen molar-refractivity contribution in [2.45, 2.75) is 57.8 Å². The largest absolute Gasteiger partial charge is 0.384 e. The van der Waals surface area contributed by atoms with E-state index < -0.39 is 34.5 Å². The summed E-state index contributed by atoms with van der Waals surface area (Å²) in [6, 6.07) is 6.46. The third-order valence-corrected chi connectivity index (χ3v) is 6.88. The number of amides is 1. The fourth-order valence-electron chi connectivity index (χ4n) is 4.53. The van der Waals surface area contributed by atoms with Crippen molar-refractivity contribution < 1.29 is 27.8 Å². The summed E-state index contributed by atoms with van der Waals surface area (Å²) in [5.41, 5.74) is -2.68. The van der Waals surface area contributed by atoms with E-state index in [-0.39, 0.29) is 11.5 Å². The van der Waals surface area contributed by atoms with E-state index in [2.05, 4.69) is 15.3 Å². The normalized spacial score (nSPS) is 19.1. The molecule has 0 aliphatic carbocycles. The molecule has 2 N–H and O–H groups in total. The average Bonchev–Trinajstić information content (AvgIpc) is 2.98. The number of aryl methyl sites for hydroxylation is 1. The SMILES string of the molecule is CO[C@]1(C)C(=O)N(C)c2cc3c(N[C@H](C)c4cccc(C(F)(F)C(C)(C)O)c4F)nc(C)nc3cc21. The number of likely N-dealkylation sites (N-methyl/N-ethyl adjacent to an activating group) is 1. The molecule has 3 aromatic rings. The highest BCUT2D eigenvalue weighted by molar-refractivity contribution is 6.09. The van der Waals surface area contributed by atoms with Gasteiger partial charge in [-0.05, 0) is 52.8 Å². The topological polar surface area (TPSA) is 87.6 Å². The molecule has 10 heteroatoms. The summed E-state index contributed by atoms with van der Waals surface area (Å²) in [4.78, 5) is 23.3. The predicted molar refractivity (Wildman–Crippen MR) is 131 cm³/mol. The average molecular weight is 503 g/mol. The summed E-state index contributed by atoms with van der Waals surface area (Å²) >= 11 is 0.